The van der Waals surface area contributed by atoms with E-state index in [1.165, 1.54) is 61.7 Å². The normalized spacial score (nSPS) is 10.9. The van der Waals surface area contributed by atoms with Gasteiger partial charge in [0.05, 0.1) is 29.1 Å². The van der Waals surface area contributed by atoms with E-state index >= 15 is 0 Å². The Morgan fingerprint density at radius 3 is 2.29 bits per heavy atom. The monoisotopic (exact) mass is 518 g/mol. The molecule has 0 fully saturated rings. The number of carbonyl (C=O) groups is 2. The third kappa shape index (κ3) is 6.65. The van der Waals surface area contributed by atoms with Crippen LogP contribution in [0.4, 0.5) is 5.69 Å². The van der Waals surface area contributed by atoms with Crippen molar-refractivity contribution < 1.29 is 32.6 Å². The molecule has 11 heteroatoms. The van der Waals surface area contributed by atoms with Gasteiger partial charge in [0.25, 0.3) is 15.9 Å². The second-order valence-electron chi connectivity index (χ2n) is 7.29. The number of hydrogen-bond acceptors (Lipinski definition) is 6. The molecule has 184 valence electrons. The van der Waals surface area contributed by atoms with Crippen LogP contribution in [-0.4, -0.2) is 39.1 Å². The van der Waals surface area contributed by atoms with E-state index in [-0.39, 0.29) is 45.0 Å². The molecule has 0 atom stereocenters. The zero-order chi connectivity index (χ0) is 25.6. The summed E-state index contributed by atoms with van der Waals surface area (Å²) in [4.78, 5) is 23.3. The van der Waals surface area contributed by atoms with Crippen LogP contribution in [-0.2, 0) is 21.2 Å². The Kier molecular flexibility index (Phi) is 8.21. The van der Waals surface area contributed by atoms with Crippen molar-refractivity contribution in [3.63, 3.8) is 0 Å². The van der Waals surface area contributed by atoms with E-state index < -0.39 is 16.0 Å². The second-order valence-corrected chi connectivity index (χ2v) is 9.38. The molecule has 0 saturated carbocycles. The van der Waals surface area contributed by atoms with Gasteiger partial charge in [-0.05, 0) is 67.1 Å². The van der Waals surface area contributed by atoms with Gasteiger partial charge in [0.15, 0.2) is 5.75 Å². The molecule has 0 radical (unpaired) electrons. The minimum absolute atomic E-state index is 0.00949. The Balaban J connectivity index is 1.98. The Hall–Kier alpha value is -3.76. The van der Waals surface area contributed by atoms with Gasteiger partial charge in [-0.25, -0.2) is 8.42 Å². The Morgan fingerprint density at radius 2 is 1.69 bits per heavy atom. The summed E-state index contributed by atoms with van der Waals surface area (Å²) in [5, 5.41) is 11.8. The van der Waals surface area contributed by atoms with Crippen molar-refractivity contribution in [2.75, 3.05) is 18.4 Å². The molecule has 0 bridgehead atoms. The first-order chi connectivity index (χ1) is 16.6. The molecule has 3 rings (SSSR count). The highest BCUT2D eigenvalue weighted by molar-refractivity contribution is 7.92. The summed E-state index contributed by atoms with van der Waals surface area (Å²) in [5.74, 6) is -0.641. The smallest absolute Gasteiger partial charge is 0.307 e. The fourth-order valence-electron chi connectivity index (χ4n) is 3.09. The van der Waals surface area contributed by atoms with E-state index in [4.69, 9.17) is 26.2 Å². The predicted molar refractivity (Wildman–Crippen MR) is 131 cm³/mol. The van der Waals surface area contributed by atoms with Gasteiger partial charge in [-0.1, -0.05) is 17.7 Å². The van der Waals surface area contributed by atoms with Crippen molar-refractivity contribution in [2.45, 2.75) is 18.2 Å². The summed E-state index contributed by atoms with van der Waals surface area (Å²) < 4.78 is 39.5. The number of sulfonamides is 1. The molecule has 9 nitrogen and oxygen atoms in total. The zero-order valence-corrected chi connectivity index (χ0v) is 20.4. The fourth-order valence-corrected chi connectivity index (χ4v) is 4.39. The van der Waals surface area contributed by atoms with Crippen LogP contribution in [0.5, 0.6) is 17.2 Å². The Morgan fingerprint density at radius 1 is 1.00 bits per heavy atom. The summed E-state index contributed by atoms with van der Waals surface area (Å²) in [6.07, 6.45) is -0.214. The molecule has 0 unspecified atom stereocenters. The first-order valence-corrected chi connectivity index (χ1v) is 12.3. The predicted octanol–water partition coefficient (Wildman–Crippen LogP) is 4.32. The zero-order valence-electron chi connectivity index (χ0n) is 18.9. The molecule has 1 amide bonds. The number of anilines is 1. The molecule has 3 N–H and O–H groups in total. The number of halogens is 1. The fraction of sp³-hybridized carbons (Fsp3) is 0.167. The molecule has 0 saturated heterocycles. The minimum Gasteiger partial charge on any atom is -0.497 e. The topological polar surface area (TPSA) is 131 Å². The van der Waals surface area contributed by atoms with Gasteiger partial charge < -0.3 is 19.9 Å². The van der Waals surface area contributed by atoms with E-state index in [9.17, 15) is 18.0 Å². The highest BCUT2D eigenvalue weighted by Crippen LogP contribution is 2.36. The van der Waals surface area contributed by atoms with E-state index in [2.05, 4.69) is 10.0 Å². The van der Waals surface area contributed by atoms with Crippen LogP contribution in [0.2, 0.25) is 5.02 Å². The summed E-state index contributed by atoms with van der Waals surface area (Å²) >= 11 is 6.26. The molecule has 0 aliphatic heterocycles. The largest absolute Gasteiger partial charge is 0.497 e. The lowest BCUT2D eigenvalue weighted by Gasteiger charge is -2.16. The van der Waals surface area contributed by atoms with E-state index in [1.807, 2.05) is 0 Å². The quantitative estimate of drug-likeness (QED) is 0.364. The summed E-state index contributed by atoms with van der Waals surface area (Å²) in [5.41, 5.74) is 0.701. The van der Waals surface area contributed by atoms with Crippen LogP contribution >= 0.6 is 11.6 Å². The van der Waals surface area contributed by atoms with Crippen molar-refractivity contribution in [3.8, 4) is 17.2 Å². The SMILES string of the molecule is CCNC(=O)c1ccc(Oc2ccc(CC(=O)O)cc2Cl)c(NS(=O)(=O)c2ccc(OC)cc2)c1. The van der Waals surface area contributed by atoms with E-state index in [1.54, 1.807) is 13.0 Å². The van der Waals surface area contributed by atoms with Gasteiger partial charge in [-0.15, -0.1) is 0 Å². The number of carboxylic acids is 1. The lowest BCUT2D eigenvalue weighted by atomic mass is 10.1. The lowest BCUT2D eigenvalue weighted by molar-refractivity contribution is -0.136. The molecule has 0 aliphatic carbocycles. The number of amides is 1. The van der Waals surface area contributed by atoms with E-state index in [0.29, 0.717) is 17.9 Å². The van der Waals surface area contributed by atoms with Crippen LogP contribution in [0.15, 0.2) is 65.6 Å². The van der Waals surface area contributed by atoms with Crippen molar-refractivity contribution in [2.24, 2.45) is 0 Å². The van der Waals surface area contributed by atoms with Gasteiger partial charge in [-0.2, -0.15) is 0 Å². The number of carbonyl (C=O) groups excluding carboxylic acids is 1. The van der Waals surface area contributed by atoms with Crippen molar-refractivity contribution in [1.29, 1.82) is 0 Å². The summed E-state index contributed by atoms with van der Waals surface area (Å²) in [7, 11) is -2.58. The third-order valence-corrected chi connectivity index (χ3v) is 6.44. The van der Waals surface area contributed by atoms with Gasteiger partial charge in [-0.3, -0.25) is 14.3 Å². The number of carboxylic acid groups (broad SMARTS) is 1. The number of methoxy groups -OCH3 is 1. The van der Waals surface area contributed by atoms with Gasteiger partial charge in [0, 0.05) is 12.1 Å². The maximum atomic E-state index is 13.0. The molecule has 0 spiro atoms. The Labute approximate surface area is 207 Å². The first kappa shape index (κ1) is 25.9. The number of hydrogen-bond donors (Lipinski definition) is 3. The van der Waals surface area contributed by atoms with Crippen molar-refractivity contribution in [1.82, 2.24) is 5.32 Å². The molecule has 0 aromatic heterocycles. The number of nitrogens with one attached hydrogen (secondary N) is 2. The maximum Gasteiger partial charge on any atom is 0.307 e. The average molecular weight is 519 g/mol. The van der Waals surface area contributed by atoms with Gasteiger partial charge in [0.2, 0.25) is 0 Å². The third-order valence-electron chi connectivity index (χ3n) is 4.76. The second kappa shape index (κ2) is 11.1. The molecule has 3 aromatic rings. The van der Waals surface area contributed by atoms with Crippen LogP contribution in [0.1, 0.15) is 22.8 Å². The van der Waals surface area contributed by atoms with Crippen LogP contribution < -0.4 is 19.5 Å². The Bertz CT molecular complexity index is 1340. The maximum absolute atomic E-state index is 13.0. The molecule has 0 aliphatic rings. The lowest BCUT2D eigenvalue weighted by Crippen LogP contribution is -2.23. The highest BCUT2D eigenvalue weighted by Gasteiger charge is 2.20. The minimum atomic E-state index is -4.05. The number of rotatable bonds is 10. The number of ether oxygens (including phenoxy) is 2. The first-order valence-electron chi connectivity index (χ1n) is 10.4. The van der Waals surface area contributed by atoms with Gasteiger partial charge >= 0.3 is 5.97 Å². The van der Waals surface area contributed by atoms with Gasteiger partial charge in [0.1, 0.15) is 11.5 Å². The molecular weight excluding hydrogens is 496 g/mol. The molecule has 0 heterocycles. The van der Waals surface area contributed by atoms with Crippen LogP contribution in [0.25, 0.3) is 0 Å². The summed E-state index contributed by atoms with van der Waals surface area (Å²) in [6.45, 7) is 2.15. The van der Waals surface area contributed by atoms with E-state index in [0.717, 1.165) is 0 Å². The standard InChI is InChI=1S/C24H23ClN2O7S/c1-3-26-24(30)16-5-11-22(34-21-10-4-15(12-19(21)25)13-23(28)29)20(14-16)27-35(31,32)18-8-6-17(33-2)7-9-18/h4-12,14,27H,3,13H2,1-2H3,(H,26,30)(H,28,29). The highest BCUT2D eigenvalue weighted by atomic mass is 35.5. The average Bonchev–Trinajstić information content (AvgIpc) is 2.81. The number of benzene rings is 3. The van der Waals surface area contributed by atoms with Crippen molar-refractivity contribution in [3.05, 3.63) is 76.8 Å². The molecular formula is C24H23ClN2O7S. The van der Waals surface area contributed by atoms with Crippen LogP contribution in [0.3, 0.4) is 0 Å². The van der Waals surface area contributed by atoms with Crippen LogP contribution in [0, 0.1) is 0 Å². The number of aliphatic carboxylic acids is 1. The molecule has 35 heavy (non-hydrogen) atoms. The molecule has 3 aromatic carbocycles. The van der Waals surface area contributed by atoms with Crippen molar-refractivity contribution >= 4 is 39.2 Å². The summed E-state index contributed by atoms with van der Waals surface area (Å²) in [6, 6.07) is 14.5.